The van der Waals surface area contributed by atoms with E-state index in [9.17, 15) is 14.7 Å². The molecule has 0 saturated heterocycles. The zero-order valence-electron chi connectivity index (χ0n) is 11.8. The number of ether oxygens (including phenoxy) is 1. The number of aliphatic imine (C=N–C) groups is 1. The molecule has 0 saturated carbocycles. The van der Waals surface area contributed by atoms with Crippen LogP contribution in [0.15, 0.2) is 28.5 Å². The molecule has 0 atom stereocenters. The lowest BCUT2D eigenvalue weighted by molar-refractivity contribution is -0.138. The molecule has 0 aliphatic rings. The van der Waals surface area contributed by atoms with Crippen LogP contribution in [0.2, 0.25) is 10.0 Å². The Morgan fingerprint density at radius 3 is 2.45 bits per heavy atom. The molecule has 0 radical (unpaired) electrons. The minimum absolute atomic E-state index is 0.0506. The van der Waals surface area contributed by atoms with Crippen LogP contribution in [0.25, 0.3) is 0 Å². The van der Waals surface area contributed by atoms with Crippen molar-refractivity contribution in [2.24, 2.45) is 4.99 Å². The molecule has 1 aromatic carbocycles. The number of carboxylic acids is 1. The van der Waals surface area contributed by atoms with Gasteiger partial charge in [0.1, 0.15) is 11.3 Å². The maximum Gasteiger partial charge on any atom is 0.343 e. The third kappa shape index (κ3) is 4.47. The normalized spacial score (nSPS) is 12.2. The molecular weight excluding hydrogens is 333 g/mol. The number of aliphatic hydroxyl groups is 1. The number of carbonyl (C=O) groups excluding carboxylic acids is 1. The molecule has 1 rings (SSSR count). The van der Waals surface area contributed by atoms with Crippen LogP contribution in [0.3, 0.4) is 0 Å². The molecule has 0 bridgehead atoms. The van der Waals surface area contributed by atoms with Gasteiger partial charge in [-0.3, -0.25) is 4.99 Å². The lowest BCUT2D eigenvalue weighted by Gasteiger charge is -2.05. The number of carbonyl (C=O) groups is 2. The van der Waals surface area contributed by atoms with Crippen molar-refractivity contribution in [3.63, 3.8) is 0 Å². The van der Waals surface area contributed by atoms with Crippen LogP contribution in [0, 0.1) is 0 Å². The van der Waals surface area contributed by atoms with E-state index in [1.807, 2.05) is 0 Å². The topological polar surface area (TPSA) is 96.2 Å². The number of esters is 1. The third-order valence-corrected chi connectivity index (χ3v) is 3.08. The second-order valence-corrected chi connectivity index (χ2v) is 4.88. The van der Waals surface area contributed by atoms with Gasteiger partial charge in [-0.1, -0.05) is 23.2 Å². The molecule has 0 fully saturated rings. The van der Waals surface area contributed by atoms with E-state index in [1.165, 1.54) is 19.1 Å². The number of hydrogen-bond donors (Lipinski definition) is 2. The number of hydrogen-bond acceptors (Lipinski definition) is 5. The van der Waals surface area contributed by atoms with Crippen LogP contribution in [0.5, 0.6) is 0 Å². The van der Waals surface area contributed by atoms with Crippen molar-refractivity contribution in [2.75, 3.05) is 6.61 Å². The summed E-state index contributed by atoms with van der Waals surface area (Å²) in [7, 11) is 0. The monoisotopic (exact) mass is 345 g/mol. The summed E-state index contributed by atoms with van der Waals surface area (Å²) < 4.78 is 4.77. The van der Waals surface area contributed by atoms with E-state index in [4.69, 9.17) is 33.0 Å². The minimum Gasteiger partial charge on any atom is -0.512 e. The fraction of sp³-hybridized carbons (Fsp3) is 0.214. The number of aliphatic hydroxyl groups excluding tert-OH is 1. The standard InChI is InChI=1S/C14H13Cl2NO5/c1-3-22-14(21)10(7(2)18)6-17-11-5-8(15)4-9(12(11)16)13(19)20/h4-6,18H,3H2,1-2H3,(H,19,20). The number of halogens is 2. The molecule has 6 nitrogen and oxygen atoms in total. The van der Waals surface area contributed by atoms with Crippen molar-refractivity contribution in [1.29, 1.82) is 0 Å². The van der Waals surface area contributed by atoms with Gasteiger partial charge in [0.15, 0.2) is 0 Å². The number of nitrogens with zero attached hydrogens (tertiary/aromatic N) is 1. The molecule has 1 aromatic rings. The summed E-state index contributed by atoms with van der Waals surface area (Å²) in [6.45, 7) is 3.04. The van der Waals surface area contributed by atoms with Crippen LogP contribution in [-0.2, 0) is 9.53 Å². The van der Waals surface area contributed by atoms with Crippen LogP contribution >= 0.6 is 23.2 Å². The summed E-state index contributed by atoms with van der Waals surface area (Å²) in [5.41, 5.74) is -0.340. The second kappa shape index (κ2) is 7.82. The largest absolute Gasteiger partial charge is 0.512 e. The lowest BCUT2D eigenvalue weighted by atomic mass is 10.2. The summed E-state index contributed by atoms with van der Waals surface area (Å²) >= 11 is 11.7. The van der Waals surface area contributed by atoms with E-state index in [0.717, 1.165) is 6.21 Å². The van der Waals surface area contributed by atoms with Gasteiger partial charge in [-0.25, -0.2) is 9.59 Å². The summed E-state index contributed by atoms with van der Waals surface area (Å²) in [5, 5.41) is 18.5. The zero-order chi connectivity index (χ0) is 16.9. The first kappa shape index (κ1) is 18.0. The summed E-state index contributed by atoms with van der Waals surface area (Å²) in [6.07, 6.45) is 1.04. The smallest absolute Gasteiger partial charge is 0.343 e. The Morgan fingerprint density at radius 2 is 1.95 bits per heavy atom. The molecule has 2 N–H and O–H groups in total. The Balaban J connectivity index is 3.26. The molecule has 0 unspecified atom stereocenters. The molecule has 0 spiro atoms. The number of allylic oxidation sites excluding steroid dienone is 1. The van der Waals surface area contributed by atoms with Crippen molar-refractivity contribution in [2.45, 2.75) is 13.8 Å². The maximum atomic E-state index is 11.6. The SMILES string of the molecule is CCOC(=O)C(C=Nc1cc(Cl)cc(C(=O)O)c1Cl)=C(C)O. The highest BCUT2D eigenvalue weighted by atomic mass is 35.5. The first-order valence-corrected chi connectivity index (χ1v) is 6.86. The first-order valence-electron chi connectivity index (χ1n) is 6.11. The minimum atomic E-state index is -1.26. The molecule has 0 heterocycles. The summed E-state index contributed by atoms with van der Waals surface area (Å²) in [6, 6.07) is 2.52. The van der Waals surface area contributed by atoms with Crippen molar-refractivity contribution in [1.82, 2.24) is 0 Å². The van der Waals surface area contributed by atoms with Gasteiger partial charge < -0.3 is 14.9 Å². The molecule has 0 aliphatic carbocycles. The third-order valence-electron chi connectivity index (χ3n) is 2.47. The van der Waals surface area contributed by atoms with Crippen LogP contribution < -0.4 is 0 Å². The van der Waals surface area contributed by atoms with Crippen LogP contribution in [-0.4, -0.2) is 35.0 Å². The zero-order valence-corrected chi connectivity index (χ0v) is 13.3. The van der Waals surface area contributed by atoms with E-state index >= 15 is 0 Å². The van der Waals surface area contributed by atoms with Gasteiger partial charge in [-0.05, 0) is 26.0 Å². The maximum absolute atomic E-state index is 11.6. The van der Waals surface area contributed by atoms with Crippen molar-refractivity contribution in [3.05, 3.63) is 39.1 Å². The Bertz CT molecular complexity index is 663. The fourth-order valence-corrected chi connectivity index (χ4v) is 1.91. The van der Waals surface area contributed by atoms with Gasteiger partial charge in [0.25, 0.3) is 0 Å². The van der Waals surface area contributed by atoms with Gasteiger partial charge in [0, 0.05) is 11.2 Å². The van der Waals surface area contributed by atoms with Crippen molar-refractivity contribution >= 4 is 47.0 Å². The molecule has 8 heteroatoms. The molecule has 22 heavy (non-hydrogen) atoms. The second-order valence-electron chi connectivity index (χ2n) is 4.07. The molecule has 0 aliphatic heterocycles. The Hall–Kier alpha value is -2.05. The fourth-order valence-electron chi connectivity index (χ4n) is 1.46. The van der Waals surface area contributed by atoms with Crippen molar-refractivity contribution < 1.29 is 24.5 Å². The van der Waals surface area contributed by atoms with E-state index in [-0.39, 0.29) is 39.2 Å². The predicted octanol–water partition coefficient (Wildman–Crippen LogP) is 3.79. The van der Waals surface area contributed by atoms with Gasteiger partial charge in [0.2, 0.25) is 0 Å². The van der Waals surface area contributed by atoms with Crippen LogP contribution in [0.4, 0.5) is 5.69 Å². The van der Waals surface area contributed by atoms with E-state index in [2.05, 4.69) is 4.99 Å². The Morgan fingerprint density at radius 1 is 1.32 bits per heavy atom. The van der Waals surface area contributed by atoms with Gasteiger partial charge in [0.05, 0.1) is 22.9 Å². The lowest BCUT2D eigenvalue weighted by Crippen LogP contribution is -2.10. The Kier molecular flexibility index (Phi) is 6.39. The highest BCUT2D eigenvalue weighted by Gasteiger charge is 2.15. The van der Waals surface area contributed by atoms with E-state index in [0.29, 0.717) is 0 Å². The van der Waals surface area contributed by atoms with E-state index < -0.39 is 11.9 Å². The number of aromatic carboxylic acids is 1. The average Bonchev–Trinajstić information content (AvgIpc) is 2.41. The Labute approximate surface area is 136 Å². The number of rotatable bonds is 5. The van der Waals surface area contributed by atoms with Gasteiger partial charge in [-0.2, -0.15) is 0 Å². The number of carboxylic acid groups (broad SMARTS) is 1. The molecule has 0 aromatic heterocycles. The van der Waals surface area contributed by atoms with Gasteiger partial charge in [-0.15, -0.1) is 0 Å². The van der Waals surface area contributed by atoms with E-state index in [1.54, 1.807) is 6.92 Å². The molecular formula is C14H13Cl2NO5. The number of benzene rings is 1. The van der Waals surface area contributed by atoms with Crippen molar-refractivity contribution in [3.8, 4) is 0 Å². The predicted molar refractivity (Wildman–Crippen MR) is 83.5 cm³/mol. The summed E-state index contributed by atoms with van der Waals surface area (Å²) in [4.78, 5) is 26.6. The average molecular weight is 346 g/mol. The highest BCUT2D eigenvalue weighted by Crippen LogP contribution is 2.32. The molecule has 0 amide bonds. The quantitative estimate of drug-likeness (QED) is 0.366. The van der Waals surface area contributed by atoms with Gasteiger partial charge >= 0.3 is 11.9 Å². The first-order chi connectivity index (χ1) is 10.3. The highest BCUT2D eigenvalue weighted by molar-refractivity contribution is 6.38. The van der Waals surface area contributed by atoms with Crippen LogP contribution in [0.1, 0.15) is 24.2 Å². The summed E-state index contributed by atoms with van der Waals surface area (Å²) in [5.74, 6) is -2.31. The molecule has 118 valence electrons.